The van der Waals surface area contributed by atoms with E-state index >= 15 is 0 Å². The first-order valence-corrected chi connectivity index (χ1v) is 5.97. The fraction of sp³-hybridized carbons (Fsp3) is 0.286. The second kappa shape index (κ2) is 4.76. The van der Waals surface area contributed by atoms with Crippen molar-refractivity contribution in [2.75, 3.05) is 0 Å². The van der Waals surface area contributed by atoms with E-state index in [1.165, 1.54) is 10.6 Å². The van der Waals surface area contributed by atoms with Crippen LogP contribution in [0.15, 0.2) is 41.5 Å². The molecule has 0 radical (unpaired) electrons. The highest BCUT2D eigenvalue weighted by atomic mass is 16.6. The third-order valence-corrected chi connectivity index (χ3v) is 2.42. The van der Waals surface area contributed by atoms with Gasteiger partial charge in [-0.05, 0) is 39.0 Å². The Bertz CT molecular complexity index is 627. The Kier molecular flexibility index (Phi) is 3.29. The molecule has 0 aliphatic carbocycles. The Morgan fingerprint density at radius 1 is 1.26 bits per heavy atom. The number of aromatic nitrogens is 2. The predicted molar refractivity (Wildman–Crippen MR) is 72.1 cm³/mol. The van der Waals surface area contributed by atoms with Crippen molar-refractivity contribution in [1.29, 1.82) is 0 Å². The Balaban J connectivity index is 2.35. The van der Waals surface area contributed by atoms with Crippen LogP contribution in [0.3, 0.4) is 0 Å². The van der Waals surface area contributed by atoms with Crippen LogP contribution in [0.5, 0.6) is 0 Å². The number of H-pyrrole nitrogens is 1. The number of carbonyl (C=O) groups is 1. The van der Waals surface area contributed by atoms with Gasteiger partial charge in [0.15, 0.2) is 0 Å². The molecule has 5 nitrogen and oxygen atoms in total. The number of ether oxygens (including phenoxy) is 1. The lowest BCUT2D eigenvalue weighted by Gasteiger charge is -2.20. The van der Waals surface area contributed by atoms with Crippen LogP contribution >= 0.6 is 0 Å². The van der Waals surface area contributed by atoms with Crippen molar-refractivity contribution in [2.45, 2.75) is 26.4 Å². The van der Waals surface area contributed by atoms with E-state index in [-0.39, 0.29) is 5.56 Å². The number of hydrogen-bond acceptors (Lipinski definition) is 3. The maximum Gasteiger partial charge on any atom is 0.418 e. The second-order valence-corrected chi connectivity index (χ2v) is 5.19. The SMILES string of the molecule is CC(C)(C)OC(=O)n1cccc1-c1ccc(=O)[nH]c1. The molecule has 0 aromatic carbocycles. The molecule has 100 valence electrons. The van der Waals surface area contributed by atoms with Gasteiger partial charge in [-0.15, -0.1) is 0 Å². The molecular formula is C14H16N2O3. The molecule has 1 N–H and O–H groups in total. The van der Waals surface area contributed by atoms with Crippen molar-refractivity contribution in [1.82, 2.24) is 9.55 Å². The molecule has 0 amide bonds. The molecule has 2 rings (SSSR count). The molecule has 19 heavy (non-hydrogen) atoms. The molecule has 0 saturated heterocycles. The van der Waals surface area contributed by atoms with Gasteiger partial charge in [0.05, 0.1) is 5.69 Å². The molecule has 0 spiro atoms. The minimum atomic E-state index is -0.552. The normalized spacial score (nSPS) is 11.3. The molecule has 0 bridgehead atoms. The van der Waals surface area contributed by atoms with Crippen LogP contribution < -0.4 is 5.56 Å². The van der Waals surface area contributed by atoms with Crippen LogP contribution in [0.2, 0.25) is 0 Å². The molecule has 0 aliphatic heterocycles. The summed E-state index contributed by atoms with van der Waals surface area (Å²) in [5, 5.41) is 0. The predicted octanol–water partition coefficient (Wildman–Crippen LogP) is 2.63. The highest BCUT2D eigenvalue weighted by Gasteiger charge is 2.19. The van der Waals surface area contributed by atoms with Crippen LogP contribution in [0.25, 0.3) is 11.3 Å². The molecule has 0 aliphatic rings. The van der Waals surface area contributed by atoms with Gasteiger partial charge in [0.25, 0.3) is 0 Å². The van der Waals surface area contributed by atoms with Crippen LogP contribution in [0, 0.1) is 0 Å². The number of rotatable bonds is 1. The average Bonchev–Trinajstić information content (AvgIpc) is 2.76. The van der Waals surface area contributed by atoms with Crippen LogP contribution in [-0.2, 0) is 4.74 Å². The minimum Gasteiger partial charge on any atom is -0.443 e. The number of aromatic amines is 1. The number of carbonyl (C=O) groups excluding carboxylic acids is 1. The first-order chi connectivity index (χ1) is 8.87. The molecule has 2 aromatic heterocycles. The minimum absolute atomic E-state index is 0.181. The highest BCUT2D eigenvalue weighted by Crippen LogP contribution is 2.20. The average molecular weight is 260 g/mol. The molecule has 0 saturated carbocycles. The Morgan fingerprint density at radius 2 is 2.00 bits per heavy atom. The summed E-state index contributed by atoms with van der Waals surface area (Å²) >= 11 is 0. The van der Waals surface area contributed by atoms with Crippen molar-refractivity contribution in [3.63, 3.8) is 0 Å². The van der Waals surface area contributed by atoms with Gasteiger partial charge >= 0.3 is 6.09 Å². The quantitative estimate of drug-likeness (QED) is 0.857. The van der Waals surface area contributed by atoms with Gasteiger partial charge < -0.3 is 9.72 Å². The second-order valence-electron chi connectivity index (χ2n) is 5.19. The largest absolute Gasteiger partial charge is 0.443 e. The standard InChI is InChI=1S/C14H16N2O3/c1-14(2,3)19-13(18)16-8-4-5-11(16)10-6-7-12(17)15-9-10/h4-9H,1-3H3,(H,15,17). The third-order valence-electron chi connectivity index (χ3n) is 2.42. The van der Waals surface area contributed by atoms with Crippen molar-refractivity contribution < 1.29 is 9.53 Å². The maximum atomic E-state index is 12.1. The van der Waals surface area contributed by atoms with Gasteiger partial charge in [-0.1, -0.05) is 0 Å². The topological polar surface area (TPSA) is 64.1 Å². The lowest BCUT2D eigenvalue weighted by atomic mass is 10.2. The summed E-state index contributed by atoms with van der Waals surface area (Å²) in [6.45, 7) is 5.44. The lowest BCUT2D eigenvalue weighted by molar-refractivity contribution is 0.0540. The number of nitrogens with one attached hydrogen (secondary N) is 1. The monoisotopic (exact) mass is 260 g/mol. The lowest BCUT2D eigenvalue weighted by Crippen LogP contribution is -2.27. The molecule has 2 heterocycles. The summed E-state index contributed by atoms with van der Waals surface area (Å²) in [6.07, 6.45) is 2.76. The molecule has 5 heteroatoms. The van der Waals surface area contributed by atoms with E-state index in [0.29, 0.717) is 5.69 Å². The van der Waals surface area contributed by atoms with Gasteiger partial charge in [0.1, 0.15) is 5.60 Å². The van der Waals surface area contributed by atoms with Gasteiger partial charge in [-0.2, -0.15) is 0 Å². The molecule has 0 unspecified atom stereocenters. The molecule has 0 atom stereocenters. The van der Waals surface area contributed by atoms with Crippen molar-refractivity contribution in [3.8, 4) is 11.3 Å². The van der Waals surface area contributed by atoms with Crippen molar-refractivity contribution in [2.24, 2.45) is 0 Å². The van der Waals surface area contributed by atoms with Crippen LogP contribution in [0.4, 0.5) is 4.79 Å². The zero-order valence-corrected chi connectivity index (χ0v) is 11.1. The van der Waals surface area contributed by atoms with Crippen LogP contribution in [0.1, 0.15) is 20.8 Å². The van der Waals surface area contributed by atoms with Gasteiger partial charge in [0, 0.05) is 24.0 Å². The van der Waals surface area contributed by atoms with E-state index in [0.717, 1.165) is 5.56 Å². The summed E-state index contributed by atoms with van der Waals surface area (Å²) in [7, 11) is 0. The number of nitrogens with zero attached hydrogens (tertiary/aromatic N) is 1. The fourth-order valence-corrected chi connectivity index (χ4v) is 1.66. The molecule has 0 fully saturated rings. The summed E-state index contributed by atoms with van der Waals surface area (Å²) in [5.41, 5.74) is 0.684. The number of hydrogen-bond donors (Lipinski definition) is 1. The fourth-order valence-electron chi connectivity index (χ4n) is 1.66. The first-order valence-electron chi connectivity index (χ1n) is 5.97. The van der Waals surface area contributed by atoms with E-state index in [4.69, 9.17) is 4.74 Å². The zero-order valence-electron chi connectivity index (χ0n) is 11.1. The Morgan fingerprint density at radius 3 is 2.58 bits per heavy atom. The Labute approximate surface area is 110 Å². The summed E-state index contributed by atoms with van der Waals surface area (Å²) in [6, 6.07) is 6.62. The van der Waals surface area contributed by atoms with Gasteiger partial charge in [-0.3, -0.25) is 9.36 Å². The van der Waals surface area contributed by atoms with E-state index in [2.05, 4.69) is 4.98 Å². The van der Waals surface area contributed by atoms with Crippen molar-refractivity contribution >= 4 is 6.09 Å². The highest BCUT2D eigenvalue weighted by molar-refractivity contribution is 5.78. The summed E-state index contributed by atoms with van der Waals surface area (Å²) in [5.74, 6) is 0. The van der Waals surface area contributed by atoms with E-state index in [9.17, 15) is 9.59 Å². The maximum absolute atomic E-state index is 12.1. The van der Waals surface area contributed by atoms with Gasteiger partial charge in [0.2, 0.25) is 5.56 Å². The Hall–Kier alpha value is -2.30. The third kappa shape index (κ3) is 3.13. The number of pyridine rings is 1. The van der Waals surface area contributed by atoms with E-state index in [1.807, 2.05) is 20.8 Å². The summed E-state index contributed by atoms with van der Waals surface area (Å²) < 4.78 is 6.74. The molecule has 2 aromatic rings. The zero-order chi connectivity index (χ0) is 14.0. The first kappa shape index (κ1) is 13.1. The summed E-state index contributed by atoms with van der Waals surface area (Å²) in [4.78, 5) is 25.7. The molecular weight excluding hydrogens is 244 g/mol. The van der Waals surface area contributed by atoms with Gasteiger partial charge in [-0.25, -0.2) is 4.79 Å². The van der Waals surface area contributed by atoms with Crippen LogP contribution in [-0.4, -0.2) is 21.2 Å². The van der Waals surface area contributed by atoms with E-state index < -0.39 is 11.7 Å². The van der Waals surface area contributed by atoms with E-state index in [1.54, 1.807) is 30.6 Å². The van der Waals surface area contributed by atoms with Crippen molar-refractivity contribution in [3.05, 3.63) is 47.0 Å². The smallest absolute Gasteiger partial charge is 0.418 e.